The smallest absolute Gasteiger partial charge is 0.192 e. The van der Waals surface area contributed by atoms with Crippen LogP contribution in [0.25, 0.3) is 11.1 Å². The van der Waals surface area contributed by atoms with Gasteiger partial charge in [-0.2, -0.15) is 0 Å². The largest absolute Gasteiger partial charge is 0.441 e. The number of oxazole rings is 1. The minimum absolute atomic E-state index is 0.551. The number of hydrogen-bond acceptors (Lipinski definition) is 3. The summed E-state index contributed by atoms with van der Waals surface area (Å²) < 4.78 is 5.45. The van der Waals surface area contributed by atoms with E-state index in [1.54, 1.807) is 0 Å². The Morgan fingerprint density at radius 3 is 2.81 bits per heavy atom. The van der Waals surface area contributed by atoms with Crippen molar-refractivity contribution in [2.45, 2.75) is 33.4 Å². The Morgan fingerprint density at radius 1 is 1.38 bits per heavy atom. The fourth-order valence-corrected chi connectivity index (χ4v) is 1.66. The van der Waals surface area contributed by atoms with Crippen LogP contribution in [0.4, 0.5) is 0 Å². The number of aryl methyl sites for hydroxylation is 1. The Kier molecular flexibility index (Phi) is 2.97. The highest BCUT2D eigenvalue weighted by atomic mass is 16.3. The average molecular weight is 218 g/mol. The second-order valence-corrected chi connectivity index (χ2v) is 4.54. The number of aromatic nitrogens is 1. The van der Waals surface area contributed by atoms with Gasteiger partial charge in [0.2, 0.25) is 0 Å². The molecule has 0 bridgehead atoms. The van der Waals surface area contributed by atoms with Crippen LogP contribution in [0.3, 0.4) is 0 Å². The Balaban J connectivity index is 2.25. The third kappa shape index (κ3) is 2.25. The van der Waals surface area contributed by atoms with E-state index in [0.29, 0.717) is 6.04 Å². The van der Waals surface area contributed by atoms with Crippen molar-refractivity contribution in [2.24, 2.45) is 0 Å². The summed E-state index contributed by atoms with van der Waals surface area (Å²) in [6.45, 7) is 7.21. The molecule has 2 aromatic rings. The van der Waals surface area contributed by atoms with Gasteiger partial charge in [0, 0.05) is 19.5 Å². The van der Waals surface area contributed by atoms with Crippen molar-refractivity contribution in [3.05, 3.63) is 29.7 Å². The molecule has 3 heteroatoms. The second-order valence-electron chi connectivity index (χ2n) is 4.54. The molecule has 0 aliphatic carbocycles. The SMILES string of the molecule is Cc1nc2cc(CN(C)C(C)C)ccc2o1. The van der Waals surface area contributed by atoms with Gasteiger partial charge in [0.15, 0.2) is 11.5 Å². The number of nitrogens with zero attached hydrogens (tertiary/aromatic N) is 2. The molecule has 0 saturated heterocycles. The lowest BCUT2D eigenvalue weighted by Crippen LogP contribution is -2.25. The predicted molar refractivity (Wildman–Crippen MR) is 65.3 cm³/mol. The first-order valence-corrected chi connectivity index (χ1v) is 5.62. The highest BCUT2D eigenvalue weighted by Gasteiger charge is 2.07. The minimum Gasteiger partial charge on any atom is -0.441 e. The van der Waals surface area contributed by atoms with Crippen molar-refractivity contribution in [3.8, 4) is 0 Å². The molecule has 3 nitrogen and oxygen atoms in total. The van der Waals surface area contributed by atoms with Gasteiger partial charge in [0.1, 0.15) is 5.52 Å². The molecule has 1 heterocycles. The topological polar surface area (TPSA) is 29.3 Å². The van der Waals surface area contributed by atoms with E-state index >= 15 is 0 Å². The van der Waals surface area contributed by atoms with Crippen LogP contribution in [-0.4, -0.2) is 23.0 Å². The van der Waals surface area contributed by atoms with Gasteiger partial charge in [-0.05, 0) is 38.6 Å². The maximum Gasteiger partial charge on any atom is 0.192 e. The van der Waals surface area contributed by atoms with E-state index in [1.807, 2.05) is 13.0 Å². The molecule has 0 N–H and O–H groups in total. The molecule has 0 spiro atoms. The third-order valence-corrected chi connectivity index (χ3v) is 2.87. The molecule has 0 aliphatic heterocycles. The van der Waals surface area contributed by atoms with E-state index in [4.69, 9.17) is 4.42 Å². The fraction of sp³-hybridized carbons (Fsp3) is 0.462. The molecule has 0 aliphatic rings. The summed E-state index contributed by atoms with van der Waals surface area (Å²) in [5, 5.41) is 0. The minimum atomic E-state index is 0.551. The van der Waals surface area contributed by atoms with E-state index in [-0.39, 0.29) is 0 Å². The molecule has 1 aromatic heterocycles. The fourth-order valence-electron chi connectivity index (χ4n) is 1.66. The van der Waals surface area contributed by atoms with Crippen molar-refractivity contribution in [1.29, 1.82) is 0 Å². The molecule has 0 unspecified atom stereocenters. The number of benzene rings is 1. The van der Waals surface area contributed by atoms with Crippen molar-refractivity contribution < 1.29 is 4.42 Å². The Morgan fingerprint density at radius 2 is 2.12 bits per heavy atom. The Bertz CT molecular complexity index is 488. The molecule has 0 fully saturated rings. The summed E-state index contributed by atoms with van der Waals surface area (Å²) >= 11 is 0. The first kappa shape index (κ1) is 11.1. The first-order valence-electron chi connectivity index (χ1n) is 5.62. The first-order chi connectivity index (χ1) is 7.56. The van der Waals surface area contributed by atoms with Gasteiger partial charge in [-0.25, -0.2) is 4.98 Å². The van der Waals surface area contributed by atoms with Gasteiger partial charge in [0.25, 0.3) is 0 Å². The molecule has 2 rings (SSSR count). The van der Waals surface area contributed by atoms with Gasteiger partial charge in [0.05, 0.1) is 0 Å². The van der Waals surface area contributed by atoms with Crippen LogP contribution < -0.4 is 0 Å². The van der Waals surface area contributed by atoms with Crippen LogP contribution in [0.2, 0.25) is 0 Å². The normalized spacial score (nSPS) is 11.9. The molecular formula is C13H18N2O. The molecule has 16 heavy (non-hydrogen) atoms. The Hall–Kier alpha value is -1.35. The Labute approximate surface area is 96.1 Å². The van der Waals surface area contributed by atoms with Crippen LogP contribution in [-0.2, 0) is 6.54 Å². The second kappa shape index (κ2) is 4.26. The van der Waals surface area contributed by atoms with Gasteiger partial charge in [-0.1, -0.05) is 6.07 Å². The standard InChI is InChI=1S/C13H18N2O/c1-9(2)15(4)8-11-5-6-13-12(7-11)14-10(3)16-13/h5-7,9H,8H2,1-4H3. The van der Waals surface area contributed by atoms with Crippen molar-refractivity contribution >= 4 is 11.1 Å². The molecule has 0 radical (unpaired) electrons. The molecule has 0 atom stereocenters. The summed E-state index contributed by atoms with van der Waals surface area (Å²) in [7, 11) is 2.13. The van der Waals surface area contributed by atoms with Crippen molar-refractivity contribution in [3.63, 3.8) is 0 Å². The van der Waals surface area contributed by atoms with E-state index in [0.717, 1.165) is 23.5 Å². The van der Waals surface area contributed by atoms with Crippen LogP contribution in [0.5, 0.6) is 0 Å². The lowest BCUT2D eigenvalue weighted by atomic mass is 10.2. The molecule has 1 aromatic carbocycles. The van der Waals surface area contributed by atoms with Crippen molar-refractivity contribution in [1.82, 2.24) is 9.88 Å². The van der Waals surface area contributed by atoms with E-state index in [9.17, 15) is 0 Å². The molecule has 86 valence electrons. The van der Waals surface area contributed by atoms with E-state index in [2.05, 4.69) is 42.9 Å². The highest BCUT2D eigenvalue weighted by molar-refractivity contribution is 5.73. The zero-order valence-corrected chi connectivity index (χ0v) is 10.3. The maximum atomic E-state index is 5.45. The molecule has 0 amide bonds. The lowest BCUT2D eigenvalue weighted by Gasteiger charge is -2.20. The summed E-state index contributed by atoms with van der Waals surface area (Å²) in [4.78, 5) is 6.64. The zero-order chi connectivity index (χ0) is 11.7. The van der Waals surface area contributed by atoms with Gasteiger partial charge in [-0.15, -0.1) is 0 Å². The summed E-state index contributed by atoms with van der Waals surface area (Å²) in [5.41, 5.74) is 3.10. The van der Waals surface area contributed by atoms with Gasteiger partial charge in [-0.3, -0.25) is 4.90 Å². The summed E-state index contributed by atoms with van der Waals surface area (Å²) in [5.74, 6) is 0.726. The number of rotatable bonds is 3. The average Bonchev–Trinajstić information content (AvgIpc) is 2.57. The van der Waals surface area contributed by atoms with Crippen LogP contribution >= 0.6 is 0 Å². The van der Waals surface area contributed by atoms with E-state index in [1.165, 1.54) is 5.56 Å². The van der Waals surface area contributed by atoms with Crippen LogP contribution in [0.1, 0.15) is 25.3 Å². The molecular weight excluding hydrogens is 200 g/mol. The van der Waals surface area contributed by atoms with Gasteiger partial charge < -0.3 is 4.42 Å². The molecule has 0 saturated carbocycles. The van der Waals surface area contributed by atoms with Crippen LogP contribution in [0.15, 0.2) is 22.6 Å². The predicted octanol–water partition coefficient (Wildman–Crippen LogP) is 2.98. The lowest BCUT2D eigenvalue weighted by molar-refractivity contribution is 0.266. The zero-order valence-electron chi connectivity index (χ0n) is 10.3. The summed E-state index contributed by atoms with van der Waals surface area (Å²) in [6, 6.07) is 6.75. The maximum absolute atomic E-state index is 5.45. The quantitative estimate of drug-likeness (QED) is 0.793. The van der Waals surface area contributed by atoms with E-state index < -0.39 is 0 Å². The monoisotopic (exact) mass is 218 g/mol. The third-order valence-electron chi connectivity index (χ3n) is 2.87. The highest BCUT2D eigenvalue weighted by Crippen LogP contribution is 2.17. The van der Waals surface area contributed by atoms with Gasteiger partial charge >= 0.3 is 0 Å². The van der Waals surface area contributed by atoms with Crippen LogP contribution in [0, 0.1) is 6.92 Å². The number of fused-ring (bicyclic) bond motifs is 1. The summed E-state index contributed by atoms with van der Waals surface area (Å²) in [6.07, 6.45) is 0. The van der Waals surface area contributed by atoms with Crippen molar-refractivity contribution in [2.75, 3.05) is 7.05 Å². The number of hydrogen-bond donors (Lipinski definition) is 0.